The van der Waals surface area contributed by atoms with Gasteiger partial charge in [0.2, 0.25) is 0 Å². The highest BCUT2D eigenvalue weighted by molar-refractivity contribution is 6.02. The average molecular weight is 292 g/mol. The number of anilines is 1. The van der Waals surface area contributed by atoms with E-state index >= 15 is 0 Å². The molecular weight excluding hydrogens is 280 g/mol. The Morgan fingerprint density at radius 3 is 2.50 bits per heavy atom. The lowest BCUT2D eigenvalue weighted by molar-refractivity contribution is 0.102. The number of nitrogens with one attached hydrogen (secondary N) is 1. The molecule has 0 unspecified atom stereocenters. The summed E-state index contributed by atoms with van der Waals surface area (Å²) >= 11 is 0. The van der Waals surface area contributed by atoms with Gasteiger partial charge in [-0.1, -0.05) is 12.1 Å². The fraction of sp³-hybridized carbons (Fsp3) is 0. The van der Waals surface area contributed by atoms with Crippen LogP contribution in [0.4, 0.5) is 5.69 Å². The summed E-state index contributed by atoms with van der Waals surface area (Å²) in [4.78, 5) is 24.0. The molecule has 2 heterocycles. The lowest BCUT2D eigenvalue weighted by Crippen LogP contribution is -2.13. The predicted molar refractivity (Wildman–Crippen MR) is 80.7 cm³/mol. The van der Waals surface area contributed by atoms with E-state index in [0.29, 0.717) is 17.1 Å². The fourth-order valence-electron chi connectivity index (χ4n) is 1.77. The van der Waals surface area contributed by atoms with Crippen LogP contribution in [0.1, 0.15) is 10.5 Å². The van der Waals surface area contributed by atoms with Gasteiger partial charge in [0.15, 0.2) is 0 Å². The van der Waals surface area contributed by atoms with Crippen molar-refractivity contribution in [2.75, 3.05) is 5.32 Å². The summed E-state index contributed by atoms with van der Waals surface area (Å²) in [7, 11) is 0. The minimum Gasteiger partial charge on any atom is -0.424 e. The first kappa shape index (κ1) is 13.7. The second kappa shape index (κ2) is 6.45. The quantitative estimate of drug-likeness (QED) is 0.800. The standard InChI is InChI=1S/C16H12N4O2/c21-15(14-7-1-2-8-17-14)20-12-5-3-6-13(11-12)22-16-18-9-4-10-19-16/h1-11H,(H,20,21). The molecule has 1 N–H and O–H groups in total. The average Bonchev–Trinajstić information content (AvgIpc) is 2.57. The van der Waals surface area contributed by atoms with E-state index < -0.39 is 0 Å². The van der Waals surface area contributed by atoms with Crippen molar-refractivity contribution in [3.05, 3.63) is 72.8 Å². The third kappa shape index (κ3) is 3.43. The van der Waals surface area contributed by atoms with E-state index in [4.69, 9.17) is 4.74 Å². The molecule has 2 aromatic heterocycles. The predicted octanol–water partition coefficient (Wildman–Crippen LogP) is 2.92. The van der Waals surface area contributed by atoms with Crippen LogP contribution in [-0.4, -0.2) is 20.9 Å². The highest BCUT2D eigenvalue weighted by atomic mass is 16.5. The molecule has 3 aromatic rings. The second-order valence-corrected chi connectivity index (χ2v) is 4.33. The maximum Gasteiger partial charge on any atom is 0.321 e. The zero-order valence-electron chi connectivity index (χ0n) is 11.5. The van der Waals surface area contributed by atoms with Crippen molar-refractivity contribution >= 4 is 11.6 Å². The number of aromatic nitrogens is 3. The monoisotopic (exact) mass is 292 g/mol. The van der Waals surface area contributed by atoms with Crippen molar-refractivity contribution in [2.45, 2.75) is 0 Å². The van der Waals surface area contributed by atoms with Gasteiger partial charge in [0.05, 0.1) is 0 Å². The molecule has 3 rings (SSSR count). The number of hydrogen-bond donors (Lipinski definition) is 1. The van der Waals surface area contributed by atoms with Crippen LogP contribution in [0.3, 0.4) is 0 Å². The summed E-state index contributed by atoms with van der Waals surface area (Å²) in [6.07, 6.45) is 4.76. The number of benzene rings is 1. The van der Waals surface area contributed by atoms with Gasteiger partial charge in [-0.15, -0.1) is 0 Å². The first-order valence-corrected chi connectivity index (χ1v) is 6.58. The third-order valence-electron chi connectivity index (χ3n) is 2.74. The van der Waals surface area contributed by atoms with Gasteiger partial charge in [-0.05, 0) is 30.3 Å². The summed E-state index contributed by atoms with van der Waals surface area (Å²) in [6, 6.07) is 14.1. The smallest absolute Gasteiger partial charge is 0.321 e. The second-order valence-electron chi connectivity index (χ2n) is 4.33. The summed E-state index contributed by atoms with van der Waals surface area (Å²) in [5.41, 5.74) is 0.948. The number of carbonyl (C=O) groups is 1. The number of amides is 1. The Hall–Kier alpha value is -3.28. The molecule has 1 amide bonds. The SMILES string of the molecule is O=C(Nc1cccc(Oc2ncccn2)c1)c1ccccn1. The molecule has 108 valence electrons. The van der Waals surface area contributed by atoms with Gasteiger partial charge in [0, 0.05) is 30.3 Å². The van der Waals surface area contributed by atoms with E-state index in [2.05, 4.69) is 20.3 Å². The van der Waals surface area contributed by atoms with Crippen LogP contribution < -0.4 is 10.1 Å². The maximum absolute atomic E-state index is 12.0. The largest absolute Gasteiger partial charge is 0.424 e. The molecule has 0 radical (unpaired) electrons. The zero-order valence-corrected chi connectivity index (χ0v) is 11.5. The van der Waals surface area contributed by atoms with E-state index in [-0.39, 0.29) is 11.9 Å². The fourth-order valence-corrected chi connectivity index (χ4v) is 1.77. The number of pyridine rings is 1. The van der Waals surface area contributed by atoms with Crippen LogP contribution in [0, 0.1) is 0 Å². The van der Waals surface area contributed by atoms with Crippen LogP contribution in [0.15, 0.2) is 67.1 Å². The Kier molecular flexibility index (Phi) is 4.01. The molecule has 0 bridgehead atoms. The van der Waals surface area contributed by atoms with Crippen molar-refractivity contribution in [1.82, 2.24) is 15.0 Å². The van der Waals surface area contributed by atoms with E-state index in [1.807, 2.05) is 0 Å². The number of hydrogen-bond acceptors (Lipinski definition) is 5. The molecule has 0 atom stereocenters. The van der Waals surface area contributed by atoms with E-state index in [1.165, 1.54) is 0 Å². The van der Waals surface area contributed by atoms with Gasteiger partial charge < -0.3 is 10.1 Å². The zero-order chi connectivity index (χ0) is 15.2. The van der Waals surface area contributed by atoms with Crippen molar-refractivity contribution in [3.8, 4) is 11.8 Å². The lowest BCUT2D eigenvalue weighted by atomic mass is 10.3. The Labute approximate surface area is 126 Å². The third-order valence-corrected chi connectivity index (χ3v) is 2.74. The van der Waals surface area contributed by atoms with Crippen molar-refractivity contribution in [1.29, 1.82) is 0 Å². The summed E-state index contributed by atoms with van der Waals surface area (Å²) in [5.74, 6) is 0.249. The van der Waals surface area contributed by atoms with Gasteiger partial charge in [0.1, 0.15) is 11.4 Å². The summed E-state index contributed by atoms with van der Waals surface area (Å²) in [5, 5.41) is 2.76. The first-order valence-electron chi connectivity index (χ1n) is 6.58. The van der Waals surface area contributed by atoms with Crippen LogP contribution in [0.5, 0.6) is 11.8 Å². The van der Waals surface area contributed by atoms with E-state index in [9.17, 15) is 4.79 Å². The van der Waals surface area contributed by atoms with Crippen molar-refractivity contribution in [2.24, 2.45) is 0 Å². The minimum atomic E-state index is -0.284. The number of ether oxygens (including phenoxy) is 1. The Morgan fingerprint density at radius 2 is 1.73 bits per heavy atom. The molecule has 6 nitrogen and oxygen atoms in total. The highest BCUT2D eigenvalue weighted by Gasteiger charge is 2.07. The van der Waals surface area contributed by atoms with Crippen molar-refractivity contribution < 1.29 is 9.53 Å². The van der Waals surface area contributed by atoms with Gasteiger partial charge in [-0.3, -0.25) is 9.78 Å². The molecule has 6 heteroatoms. The molecule has 0 saturated heterocycles. The first-order chi connectivity index (χ1) is 10.8. The molecule has 0 aliphatic heterocycles. The van der Waals surface area contributed by atoms with Crippen LogP contribution >= 0.6 is 0 Å². The molecule has 0 aliphatic carbocycles. The molecule has 1 aromatic carbocycles. The molecule has 0 fully saturated rings. The van der Waals surface area contributed by atoms with E-state index in [0.717, 1.165) is 0 Å². The Bertz CT molecular complexity index is 763. The Morgan fingerprint density at radius 1 is 0.909 bits per heavy atom. The van der Waals surface area contributed by atoms with Crippen LogP contribution in [0.25, 0.3) is 0 Å². The van der Waals surface area contributed by atoms with E-state index in [1.54, 1.807) is 67.1 Å². The molecular formula is C16H12N4O2. The lowest BCUT2D eigenvalue weighted by Gasteiger charge is -2.07. The summed E-state index contributed by atoms with van der Waals surface area (Å²) < 4.78 is 5.52. The molecule has 0 aliphatic rings. The summed E-state index contributed by atoms with van der Waals surface area (Å²) in [6.45, 7) is 0. The van der Waals surface area contributed by atoms with Gasteiger partial charge in [-0.25, -0.2) is 9.97 Å². The van der Waals surface area contributed by atoms with Crippen LogP contribution in [-0.2, 0) is 0 Å². The topological polar surface area (TPSA) is 77.0 Å². The number of carbonyl (C=O) groups excluding carboxylic acids is 1. The number of rotatable bonds is 4. The normalized spacial score (nSPS) is 10.0. The number of nitrogens with zero attached hydrogens (tertiary/aromatic N) is 3. The highest BCUT2D eigenvalue weighted by Crippen LogP contribution is 2.21. The van der Waals surface area contributed by atoms with Crippen molar-refractivity contribution in [3.63, 3.8) is 0 Å². The maximum atomic E-state index is 12.0. The molecule has 0 saturated carbocycles. The molecule has 22 heavy (non-hydrogen) atoms. The molecule has 0 spiro atoms. The Balaban J connectivity index is 1.73. The van der Waals surface area contributed by atoms with Gasteiger partial charge in [0.25, 0.3) is 5.91 Å². The minimum absolute atomic E-state index is 0.246. The van der Waals surface area contributed by atoms with Gasteiger partial charge >= 0.3 is 6.01 Å². The van der Waals surface area contributed by atoms with Crippen LogP contribution in [0.2, 0.25) is 0 Å². The van der Waals surface area contributed by atoms with Gasteiger partial charge in [-0.2, -0.15) is 0 Å².